The molecule has 2 aromatic rings. The van der Waals surface area contributed by atoms with Crippen molar-refractivity contribution in [1.29, 1.82) is 0 Å². The van der Waals surface area contributed by atoms with E-state index in [-0.39, 0.29) is 17.7 Å². The second-order valence-electron chi connectivity index (χ2n) is 7.99. The van der Waals surface area contributed by atoms with Gasteiger partial charge in [0.1, 0.15) is 11.8 Å². The third-order valence-electron chi connectivity index (χ3n) is 5.63. The number of anilines is 1. The molecule has 6 nitrogen and oxygen atoms in total. The molecule has 2 aromatic carbocycles. The molecule has 1 unspecified atom stereocenters. The zero-order valence-corrected chi connectivity index (χ0v) is 18.2. The van der Waals surface area contributed by atoms with Gasteiger partial charge in [0.05, 0.1) is 12.8 Å². The van der Waals surface area contributed by atoms with E-state index in [2.05, 4.69) is 10.2 Å². The molecule has 0 spiro atoms. The van der Waals surface area contributed by atoms with Gasteiger partial charge in [0.15, 0.2) is 0 Å². The van der Waals surface area contributed by atoms with Crippen LogP contribution in [0.15, 0.2) is 48.5 Å². The lowest BCUT2D eigenvalue weighted by Crippen LogP contribution is -2.56. The molecule has 6 heteroatoms. The highest BCUT2D eigenvalue weighted by molar-refractivity contribution is 5.98. The minimum atomic E-state index is -0.546. The van der Waals surface area contributed by atoms with Gasteiger partial charge in [-0.05, 0) is 36.6 Å². The van der Waals surface area contributed by atoms with Crippen molar-refractivity contribution in [3.8, 4) is 5.75 Å². The molecule has 1 fully saturated rings. The van der Waals surface area contributed by atoms with Gasteiger partial charge >= 0.3 is 0 Å². The second-order valence-corrected chi connectivity index (χ2v) is 7.99. The van der Waals surface area contributed by atoms with E-state index in [1.165, 1.54) is 0 Å². The molecule has 0 saturated carbocycles. The van der Waals surface area contributed by atoms with Crippen LogP contribution in [-0.4, -0.2) is 56.0 Å². The molecular formula is C24H31N3O3. The number of piperazine rings is 1. The maximum atomic E-state index is 13.2. The summed E-state index contributed by atoms with van der Waals surface area (Å²) in [5, 5.41) is 2.97. The average molecular weight is 410 g/mol. The molecule has 0 aliphatic carbocycles. The summed E-state index contributed by atoms with van der Waals surface area (Å²) in [4.78, 5) is 30.1. The highest BCUT2D eigenvalue weighted by atomic mass is 16.5. The number of hydrogen-bond acceptors (Lipinski definition) is 4. The van der Waals surface area contributed by atoms with Crippen LogP contribution in [0.25, 0.3) is 0 Å². The van der Waals surface area contributed by atoms with E-state index in [4.69, 9.17) is 4.74 Å². The molecule has 0 aromatic heterocycles. The number of aryl methyl sites for hydroxylation is 1. The monoisotopic (exact) mass is 409 g/mol. The Morgan fingerprint density at radius 3 is 2.23 bits per heavy atom. The number of carbonyl (C=O) groups is 2. The van der Waals surface area contributed by atoms with Gasteiger partial charge in [-0.25, -0.2) is 0 Å². The van der Waals surface area contributed by atoms with E-state index < -0.39 is 6.04 Å². The molecule has 0 bridgehead atoms. The quantitative estimate of drug-likeness (QED) is 0.796. The summed E-state index contributed by atoms with van der Waals surface area (Å²) in [5.41, 5.74) is 2.55. The maximum Gasteiger partial charge on any atom is 0.252 e. The summed E-state index contributed by atoms with van der Waals surface area (Å²) in [6, 6.07) is 14.8. The van der Waals surface area contributed by atoms with Gasteiger partial charge in [0.25, 0.3) is 5.91 Å². The smallest absolute Gasteiger partial charge is 0.252 e. The highest BCUT2D eigenvalue weighted by Gasteiger charge is 2.31. The molecule has 1 N–H and O–H groups in total. The Kier molecular flexibility index (Phi) is 6.98. The summed E-state index contributed by atoms with van der Waals surface area (Å²) < 4.78 is 5.47. The van der Waals surface area contributed by atoms with Crippen LogP contribution in [0.5, 0.6) is 5.75 Å². The number of rotatable bonds is 6. The van der Waals surface area contributed by atoms with Crippen molar-refractivity contribution in [1.82, 2.24) is 10.2 Å². The van der Waals surface area contributed by atoms with E-state index in [9.17, 15) is 9.59 Å². The van der Waals surface area contributed by atoms with Crippen LogP contribution in [0.2, 0.25) is 0 Å². The SMILES string of the molecule is COc1ccccc1N1CCN(C(=O)C(NC(=O)c2ccccc2C)C(C)C)CC1. The molecule has 1 atom stereocenters. The van der Waals surface area contributed by atoms with Gasteiger partial charge in [-0.1, -0.05) is 44.2 Å². The lowest BCUT2D eigenvalue weighted by molar-refractivity contribution is -0.134. The molecule has 3 rings (SSSR count). The number of nitrogens with zero attached hydrogens (tertiary/aromatic N) is 2. The summed E-state index contributed by atoms with van der Waals surface area (Å²) in [6.07, 6.45) is 0. The lowest BCUT2D eigenvalue weighted by atomic mass is 10.0. The Balaban J connectivity index is 1.66. The lowest BCUT2D eigenvalue weighted by Gasteiger charge is -2.38. The fourth-order valence-electron chi connectivity index (χ4n) is 3.82. The molecule has 160 valence electrons. The Hall–Kier alpha value is -3.02. The molecule has 1 aliphatic heterocycles. The first-order chi connectivity index (χ1) is 14.4. The summed E-state index contributed by atoms with van der Waals surface area (Å²) in [6.45, 7) is 8.50. The van der Waals surface area contributed by atoms with Crippen molar-refractivity contribution in [3.63, 3.8) is 0 Å². The van der Waals surface area contributed by atoms with Crippen LogP contribution in [-0.2, 0) is 4.79 Å². The number of nitrogens with one attached hydrogen (secondary N) is 1. The van der Waals surface area contributed by atoms with Crippen molar-refractivity contribution >= 4 is 17.5 Å². The maximum absolute atomic E-state index is 13.2. The average Bonchev–Trinajstić information content (AvgIpc) is 2.77. The van der Waals surface area contributed by atoms with E-state index >= 15 is 0 Å². The van der Waals surface area contributed by atoms with Crippen molar-refractivity contribution in [2.45, 2.75) is 26.8 Å². The van der Waals surface area contributed by atoms with Crippen LogP contribution in [0.3, 0.4) is 0 Å². The molecule has 30 heavy (non-hydrogen) atoms. The highest BCUT2D eigenvalue weighted by Crippen LogP contribution is 2.28. The summed E-state index contributed by atoms with van der Waals surface area (Å²) >= 11 is 0. The van der Waals surface area contributed by atoms with Crippen molar-refractivity contribution in [2.75, 3.05) is 38.2 Å². The van der Waals surface area contributed by atoms with E-state index in [1.54, 1.807) is 13.2 Å². The Morgan fingerprint density at radius 1 is 0.967 bits per heavy atom. The first-order valence-electron chi connectivity index (χ1n) is 10.5. The minimum absolute atomic E-state index is 0.00212. The normalized spacial score (nSPS) is 15.1. The van der Waals surface area contributed by atoms with Crippen molar-refractivity contribution in [2.24, 2.45) is 5.92 Å². The number of hydrogen-bond donors (Lipinski definition) is 1. The molecule has 1 aliphatic rings. The van der Waals surface area contributed by atoms with Crippen molar-refractivity contribution < 1.29 is 14.3 Å². The second kappa shape index (κ2) is 9.65. The molecule has 2 amide bonds. The largest absolute Gasteiger partial charge is 0.495 e. The predicted molar refractivity (Wildman–Crippen MR) is 119 cm³/mol. The van der Waals surface area contributed by atoms with Crippen LogP contribution < -0.4 is 15.0 Å². The number of ether oxygens (including phenoxy) is 1. The van der Waals surface area contributed by atoms with Gasteiger partial charge in [-0.15, -0.1) is 0 Å². The molecule has 1 heterocycles. The number of amides is 2. The third kappa shape index (κ3) is 4.75. The Morgan fingerprint density at radius 2 is 1.60 bits per heavy atom. The fraction of sp³-hybridized carbons (Fsp3) is 0.417. The number of para-hydroxylation sites is 2. The van der Waals surface area contributed by atoms with Crippen LogP contribution in [0.4, 0.5) is 5.69 Å². The Bertz CT molecular complexity index is 889. The minimum Gasteiger partial charge on any atom is -0.495 e. The first-order valence-corrected chi connectivity index (χ1v) is 10.5. The van der Waals surface area contributed by atoms with E-state index in [0.717, 1.165) is 30.1 Å². The first kappa shape index (κ1) is 21.7. The molecule has 1 saturated heterocycles. The summed E-state index contributed by atoms with van der Waals surface area (Å²) in [7, 11) is 1.67. The zero-order valence-electron chi connectivity index (χ0n) is 18.2. The van der Waals surface area contributed by atoms with Crippen molar-refractivity contribution in [3.05, 3.63) is 59.7 Å². The fourth-order valence-corrected chi connectivity index (χ4v) is 3.82. The number of carbonyl (C=O) groups excluding carboxylic acids is 2. The zero-order chi connectivity index (χ0) is 21.7. The third-order valence-corrected chi connectivity index (χ3v) is 5.63. The van der Waals surface area contributed by atoms with Crippen LogP contribution in [0.1, 0.15) is 29.8 Å². The van der Waals surface area contributed by atoms with Crippen LogP contribution in [0, 0.1) is 12.8 Å². The topological polar surface area (TPSA) is 61.9 Å². The van der Waals surface area contributed by atoms with Gasteiger partial charge < -0.3 is 19.9 Å². The van der Waals surface area contributed by atoms with E-state index in [0.29, 0.717) is 18.7 Å². The number of benzene rings is 2. The van der Waals surface area contributed by atoms with Gasteiger partial charge in [-0.2, -0.15) is 0 Å². The molecule has 0 radical (unpaired) electrons. The number of methoxy groups -OCH3 is 1. The van der Waals surface area contributed by atoms with Gasteiger partial charge in [-0.3, -0.25) is 9.59 Å². The van der Waals surface area contributed by atoms with Gasteiger partial charge in [0, 0.05) is 31.7 Å². The standard InChI is InChI=1S/C24H31N3O3/c1-17(2)22(25-23(28)19-10-6-5-9-18(19)3)24(29)27-15-13-26(14-16-27)20-11-7-8-12-21(20)30-4/h5-12,17,22H,13-16H2,1-4H3,(H,25,28). The van der Waals surface area contributed by atoms with Gasteiger partial charge in [0.2, 0.25) is 5.91 Å². The predicted octanol–water partition coefficient (Wildman–Crippen LogP) is 3.11. The van der Waals surface area contributed by atoms with E-state index in [1.807, 2.05) is 68.1 Å². The molecular weight excluding hydrogens is 378 g/mol. The van der Waals surface area contributed by atoms with Crippen LogP contribution >= 0.6 is 0 Å². The Labute approximate surface area is 178 Å². The summed E-state index contributed by atoms with van der Waals surface area (Å²) in [5.74, 6) is 0.611.